The monoisotopic (exact) mass is 289 g/mol. The maximum Gasteiger partial charge on any atom is 0.331 e. The largest absolute Gasteiger partial charge is 0.478 e. The molecule has 0 fully saturated rings. The number of pyridine rings is 1. The summed E-state index contributed by atoms with van der Waals surface area (Å²) < 4.78 is 0. The predicted octanol–water partition coefficient (Wildman–Crippen LogP) is 0.897. The van der Waals surface area contributed by atoms with Gasteiger partial charge in [-0.2, -0.15) is 0 Å². The standard InChI is InChI=1S/C14H15N3O4/c1-9(18)16-12-8-15-5-2-11(12)13(19)17-6-3-10(4-7-17)14(20)21/h2-3,5,8H,4,6-7H2,1H3,(H,16,18)(H,20,21). The first-order valence-corrected chi connectivity index (χ1v) is 6.42. The molecule has 0 atom stereocenters. The van der Waals surface area contributed by atoms with Gasteiger partial charge in [0.1, 0.15) is 0 Å². The Morgan fingerprint density at radius 2 is 2.14 bits per heavy atom. The number of carboxylic acids is 1. The van der Waals surface area contributed by atoms with Crippen LogP contribution in [-0.4, -0.2) is 45.9 Å². The maximum absolute atomic E-state index is 12.4. The lowest BCUT2D eigenvalue weighted by molar-refractivity contribution is -0.133. The molecule has 0 radical (unpaired) electrons. The van der Waals surface area contributed by atoms with Crippen molar-refractivity contribution in [2.45, 2.75) is 13.3 Å². The summed E-state index contributed by atoms with van der Waals surface area (Å²) in [6, 6.07) is 1.53. The lowest BCUT2D eigenvalue weighted by Gasteiger charge is -2.26. The molecule has 2 rings (SSSR count). The SMILES string of the molecule is CC(=O)Nc1cnccc1C(=O)N1CC=C(C(=O)O)CC1. The van der Waals surface area contributed by atoms with Gasteiger partial charge in [0.25, 0.3) is 5.91 Å². The van der Waals surface area contributed by atoms with Crippen molar-refractivity contribution in [3.05, 3.63) is 35.7 Å². The second kappa shape index (κ2) is 6.17. The van der Waals surface area contributed by atoms with E-state index in [0.29, 0.717) is 29.8 Å². The van der Waals surface area contributed by atoms with Crippen LogP contribution in [0.1, 0.15) is 23.7 Å². The lowest BCUT2D eigenvalue weighted by Crippen LogP contribution is -2.36. The number of aromatic nitrogens is 1. The van der Waals surface area contributed by atoms with Crippen LogP contribution in [0.2, 0.25) is 0 Å². The van der Waals surface area contributed by atoms with Gasteiger partial charge in [0, 0.05) is 31.8 Å². The summed E-state index contributed by atoms with van der Waals surface area (Å²) in [6.45, 7) is 1.92. The fraction of sp³-hybridized carbons (Fsp3) is 0.286. The minimum Gasteiger partial charge on any atom is -0.478 e. The number of nitrogens with one attached hydrogen (secondary N) is 1. The topological polar surface area (TPSA) is 99.6 Å². The number of rotatable bonds is 3. The van der Waals surface area contributed by atoms with Gasteiger partial charge in [-0.25, -0.2) is 4.79 Å². The molecular formula is C14H15N3O4. The third kappa shape index (κ3) is 3.44. The van der Waals surface area contributed by atoms with E-state index in [9.17, 15) is 14.4 Å². The van der Waals surface area contributed by atoms with Gasteiger partial charge in [0.15, 0.2) is 0 Å². The van der Waals surface area contributed by atoms with E-state index in [4.69, 9.17) is 5.11 Å². The summed E-state index contributed by atoms with van der Waals surface area (Å²) in [4.78, 5) is 39.9. The summed E-state index contributed by atoms with van der Waals surface area (Å²) in [6.07, 6.45) is 4.72. The molecule has 110 valence electrons. The molecule has 1 aliphatic rings. The van der Waals surface area contributed by atoms with Crippen molar-refractivity contribution in [1.29, 1.82) is 0 Å². The second-order valence-corrected chi connectivity index (χ2v) is 4.64. The van der Waals surface area contributed by atoms with Crippen LogP contribution in [-0.2, 0) is 9.59 Å². The Bertz CT molecular complexity index is 624. The summed E-state index contributed by atoms with van der Waals surface area (Å²) in [7, 11) is 0. The summed E-state index contributed by atoms with van der Waals surface area (Å²) in [5.74, 6) is -1.50. The molecule has 0 bridgehead atoms. The molecule has 2 N–H and O–H groups in total. The van der Waals surface area contributed by atoms with Crippen LogP contribution in [0.4, 0.5) is 5.69 Å². The normalized spacial score (nSPS) is 14.3. The number of hydrogen-bond donors (Lipinski definition) is 2. The first kappa shape index (κ1) is 14.7. The van der Waals surface area contributed by atoms with Gasteiger partial charge in [-0.1, -0.05) is 6.08 Å². The van der Waals surface area contributed by atoms with Crippen molar-refractivity contribution in [2.75, 3.05) is 18.4 Å². The van der Waals surface area contributed by atoms with Crippen LogP contribution in [0.3, 0.4) is 0 Å². The Morgan fingerprint density at radius 3 is 2.71 bits per heavy atom. The highest BCUT2D eigenvalue weighted by Gasteiger charge is 2.23. The zero-order valence-electron chi connectivity index (χ0n) is 11.5. The van der Waals surface area contributed by atoms with Crippen molar-refractivity contribution in [1.82, 2.24) is 9.88 Å². The van der Waals surface area contributed by atoms with Gasteiger partial charge >= 0.3 is 5.97 Å². The third-order valence-electron chi connectivity index (χ3n) is 3.13. The second-order valence-electron chi connectivity index (χ2n) is 4.64. The van der Waals surface area contributed by atoms with E-state index in [-0.39, 0.29) is 18.4 Å². The molecule has 21 heavy (non-hydrogen) atoms. The molecule has 0 saturated carbocycles. The molecule has 1 aliphatic heterocycles. The molecule has 1 aromatic heterocycles. The molecule has 7 heteroatoms. The third-order valence-corrected chi connectivity index (χ3v) is 3.13. The molecule has 0 aromatic carbocycles. The van der Waals surface area contributed by atoms with Crippen molar-refractivity contribution >= 4 is 23.5 Å². The van der Waals surface area contributed by atoms with E-state index in [1.807, 2.05) is 0 Å². The van der Waals surface area contributed by atoms with E-state index in [2.05, 4.69) is 10.3 Å². The fourth-order valence-electron chi connectivity index (χ4n) is 2.09. The Morgan fingerprint density at radius 1 is 1.38 bits per heavy atom. The van der Waals surface area contributed by atoms with Gasteiger partial charge < -0.3 is 15.3 Å². The van der Waals surface area contributed by atoms with E-state index in [1.54, 1.807) is 0 Å². The van der Waals surface area contributed by atoms with E-state index in [1.165, 1.54) is 36.4 Å². The Hall–Kier alpha value is -2.70. The van der Waals surface area contributed by atoms with Crippen LogP contribution < -0.4 is 5.32 Å². The fourth-order valence-corrected chi connectivity index (χ4v) is 2.09. The highest BCUT2D eigenvalue weighted by molar-refractivity contribution is 6.03. The number of anilines is 1. The number of amides is 2. The summed E-state index contributed by atoms with van der Waals surface area (Å²) in [5.41, 5.74) is 1.01. The Labute approximate surface area is 121 Å². The van der Waals surface area contributed by atoms with Gasteiger partial charge in [-0.15, -0.1) is 0 Å². The molecular weight excluding hydrogens is 274 g/mol. The van der Waals surface area contributed by atoms with Crippen molar-refractivity contribution < 1.29 is 19.5 Å². The van der Waals surface area contributed by atoms with Gasteiger partial charge in [0.05, 0.1) is 17.4 Å². The number of carbonyl (C=O) groups is 3. The number of nitrogens with zero attached hydrogens (tertiary/aromatic N) is 2. The minimum atomic E-state index is -0.954. The number of carbonyl (C=O) groups excluding carboxylic acids is 2. The highest BCUT2D eigenvalue weighted by atomic mass is 16.4. The lowest BCUT2D eigenvalue weighted by atomic mass is 10.1. The number of hydrogen-bond acceptors (Lipinski definition) is 4. The molecule has 2 amide bonds. The molecule has 7 nitrogen and oxygen atoms in total. The smallest absolute Gasteiger partial charge is 0.331 e. The van der Waals surface area contributed by atoms with Crippen LogP contribution in [0.5, 0.6) is 0 Å². The zero-order valence-corrected chi connectivity index (χ0v) is 11.5. The Balaban J connectivity index is 2.18. The van der Waals surface area contributed by atoms with Crippen LogP contribution in [0, 0.1) is 0 Å². The van der Waals surface area contributed by atoms with Gasteiger partial charge in [-0.3, -0.25) is 14.6 Å². The Kier molecular flexibility index (Phi) is 4.32. The summed E-state index contributed by atoms with van der Waals surface area (Å²) >= 11 is 0. The van der Waals surface area contributed by atoms with Crippen LogP contribution in [0.15, 0.2) is 30.1 Å². The molecule has 2 heterocycles. The molecule has 0 spiro atoms. The molecule has 0 aliphatic carbocycles. The molecule has 1 aromatic rings. The maximum atomic E-state index is 12.4. The van der Waals surface area contributed by atoms with Crippen molar-refractivity contribution in [3.8, 4) is 0 Å². The highest BCUT2D eigenvalue weighted by Crippen LogP contribution is 2.19. The predicted molar refractivity (Wildman–Crippen MR) is 74.8 cm³/mol. The zero-order chi connectivity index (χ0) is 15.4. The molecule has 0 unspecified atom stereocenters. The molecule has 0 saturated heterocycles. The van der Waals surface area contributed by atoms with Gasteiger partial charge in [-0.05, 0) is 12.5 Å². The van der Waals surface area contributed by atoms with E-state index in [0.717, 1.165) is 0 Å². The van der Waals surface area contributed by atoms with Gasteiger partial charge in [0.2, 0.25) is 5.91 Å². The van der Waals surface area contributed by atoms with E-state index >= 15 is 0 Å². The van der Waals surface area contributed by atoms with Crippen molar-refractivity contribution in [3.63, 3.8) is 0 Å². The number of carboxylic acid groups (broad SMARTS) is 1. The summed E-state index contributed by atoms with van der Waals surface area (Å²) in [5, 5.41) is 11.5. The first-order chi connectivity index (χ1) is 9.99. The quantitative estimate of drug-likeness (QED) is 0.861. The van der Waals surface area contributed by atoms with Crippen LogP contribution in [0.25, 0.3) is 0 Å². The average molecular weight is 289 g/mol. The first-order valence-electron chi connectivity index (χ1n) is 6.42. The number of aliphatic carboxylic acids is 1. The van der Waals surface area contributed by atoms with Crippen molar-refractivity contribution in [2.24, 2.45) is 0 Å². The minimum absolute atomic E-state index is 0.238. The van der Waals surface area contributed by atoms with E-state index < -0.39 is 5.97 Å². The average Bonchev–Trinajstić information content (AvgIpc) is 2.46. The van der Waals surface area contributed by atoms with Crippen LogP contribution >= 0.6 is 0 Å².